The molecule has 12 rings (SSSR count). The Kier molecular flexibility index (Phi) is 9.58. The maximum absolute atomic E-state index is 2.42. The van der Waals surface area contributed by atoms with Crippen molar-refractivity contribution in [2.75, 3.05) is 4.90 Å². The van der Waals surface area contributed by atoms with Gasteiger partial charge in [0, 0.05) is 17.1 Å². The number of benzene rings is 12. The van der Waals surface area contributed by atoms with Crippen LogP contribution in [0.2, 0.25) is 0 Å². The molecule has 0 aromatic heterocycles. The summed E-state index contributed by atoms with van der Waals surface area (Å²) < 4.78 is 0. The van der Waals surface area contributed by atoms with Gasteiger partial charge in [-0.1, -0.05) is 212 Å². The molecule has 0 saturated carbocycles. The van der Waals surface area contributed by atoms with Crippen LogP contribution < -0.4 is 4.90 Å². The quantitative estimate of drug-likeness (QED) is 0.138. The van der Waals surface area contributed by atoms with E-state index in [0.29, 0.717) is 0 Å². The Bertz CT molecular complexity index is 3680. The summed E-state index contributed by atoms with van der Waals surface area (Å²) in [6.07, 6.45) is 0. The molecule has 0 amide bonds. The Morgan fingerprint density at radius 3 is 1.43 bits per heavy atom. The number of hydrogen-bond donors (Lipinski definition) is 0. The summed E-state index contributed by atoms with van der Waals surface area (Å²) in [6.45, 7) is 0. The average molecular weight is 826 g/mol. The van der Waals surface area contributed by atoms with Gasteiger partial charge >= 0.3 is 0 Å². The van der Waals surface area contributed by atoms with Gasteiger partial charge in [0.15, 0.2) is 0 Å². The van der Waals surface area contributed by atoms with E-state index in [1.54, 1.807) is 0 Å². The molecule has 65 heavy (non-hydrogen) atoms. The van der Waals surface area contributed by atoms with E-state index in [9.17, 15) is 0 Å². The lowest BCUT2D eigenvalue weighted by Crippen LogP contribution is -2.10. The van der Waals surface area contributed by atoms with Crippen molar-refractivity contribution >= 4 is 60.2 Å². The van der Waals surface area contributed by atoms with Crippen LogP contribution in [0.25, 0.3) is 98.7 Å². The third-order valence-corrected chi connectivity index (χ3v) is 13.0. The lowest BCUT2D eigenvalue weighted by molar-refractivity contribution is 1.29. The first-order valence-electron chi connectivity index (χ1n) is 22.4. The minimum atomic E-state index is 1.09. The summed E-state index contributed by atoms with van der Waals surface area (Å²) in [5.41, 5.74) is 15.4. The smallest absolute Gasteiger partial charge is 0.0468 e. The summed E-state index contributed by atoms with van der Waals surface area (Å²) >= 11 is 0. The highest BCUT2D eigenvalue weighted by molar-refractivity contribution is 6.22. The van der Waals surface area contributed by atoms with E-state index in [1.807, 2.05) is 0 Å². The molecule has 1 heteroatoms. The lowest BCUT2D eigenvalue weighted by atomic mass is 9.84. The third kappa shape index (κ3) is 7.01. The fourth-order valence-corrected chi connectivity index (χ4v) is 9.90. The Labute approximate surface area is 379 Å². The molecule has 0 aliphatic carbocycles. The van der Waals surface area contributed by atoms with Crippen molar-refractivity contribution < 1.29 is 0 Å². The molecule has 0 heterocycles. The Morgan fingerprint density at radius 2 is 0.677 bits per heavy atom. The summed E-state index contributed by atoms with van der Waals surface area (Å²) in [7, 11) is 0. The van der Waals surface area contributed by atoms with Gasteiger partial charge in [-0.05, 0) is 147 Å². The molecule has 0 N–H and O–H groups in total. The van der Waals surface area contributed by atoms with Crippen molar-refractivity contribution in [1.82, 2.24) is 0 Å². The number of hydrogen-bond acceptors (Lipinski definition) is 1. The van der Waals surface area contributed by atoms with Crippen LogP contribution in [0.4, 0.5) is 17.1 Å². The summed E-state index contributed by atoms with van der Waals surface area (Å²) in [4.78, 5) is 2.40. The average Bonchev–Trinajstić information content (AvgIpc) is 3.39. The van der Waals surface area contributed by atoms with Gasteiger partial charge in [-0.15, -0.1) is 0 Å². The van der Waals surface area contributed by atoms with Crippen LogP contribution in [0.3, 0.4) is 0 Å². The van der Waals surface area contributed by atoms with Crippen molar-refractivity contribution in [3.8, 4) is 55.6 Å². The SMILES string of the molecule is c1ccc(-c2ccc3cc(N(c4ccc(-c5cccc6ccccc56)cc4)c4cccc(-c5ccc6c(c5)c(-c5ccccc5)c(-c5ccccc5)c5ccccc56)c4)ccc3c2)cc1. The predicted molar refractivity (Wildman–Crippen MR) is 278 cm³/mol. The molecule has 0 fully saturated rings. The summed E-state index contributed by atoms with van der Waals surface area (Å²) in [5, 5.41) is 9.91. The van der Waals surface area contributed by atoms with E-state index in [0.717, 1.165) is 22.6 Å². The number of anilines is 3. The van der Waals surface area contributed by atoms with Crippen molar-refractivity contribution in [2.24, 2.45) is 0 Å². The van der Waals surface area contributed by atoms with E-state index in [2.05, 4.69) is 266 Å². The zero-order chi connectivity index (χ0) is 43.1. The molecule has 0 atom stereocenters. The van der Waals surface area contributed by atoms with E-state index < -0.39 is 0 Å². The monoisotopic (exact) mass is 825 g/mol. The topological polar surface area (TPSA) is 3.24 Å². The second kappa shape index (κ2) is 16.3. The van der Waals surface area contributed by atoms with Crippen LogP contribution in [0.15, 0.2) is 261 Å². The second-order valence-corrected chi connectivity index (χ2v) is 16.9. The molecular weight excluding hydrogens is 783 g/mol. The molecule has 12 aromatic carbocycles. The molecule has 0 bridgehead atoms. The molecule has 0 spiro atoms. The van der Waals surface area contributed by atoms with Gasteiger partial charge < -0.3 is 4.90 Å². The first-order valence-corrected chi connectivity index (χ1v) is 22.4. The third-order valence-electron chi connectivity index (χ3n) is 13.0. The van der Waals surface area contributed by atoms with Gasteiger partial charge in [0.1, 0.15) is 0 Å². The first kappa shape index (κ1) is 38.2. The molecular formula is C64H43N. The van der Waals surface area contributed by atoms with Gasteiger partial charge in [-0.3, -0.25) is 0 Å². The first-order chi connectivity index (χ1) is 32.2. The Hall–Kier alpha value is -8.52. The van der Waals surface area contributed by atoms with E-state index >= 15 is 0 Å². The zero-order valence-corrected chi connectivity index (χ0v) is 35.8. The van der Waals surface area contributed by atoms with Crippen molar-refractivity contribution in [2.45, 2.75) is 0 Å². The predicted octanol–water partition coefficient (Wildman–Crippen LogP) is 18.1. The molecule has 0 radical (unpaired) electrons. The van der Waals surface area contributed by atoms with Crippen molar-refractivity contribution in [3.05, 3.63) is 261 Å². The maximum atomic E-state index is 2.42. The van der Waals surface area contributed by atoms with Gasteiger partial charge in [-0.2, -0.15) is 0 Å². The molecule has 0 aliphatic heterocycles. The van der Waals surface area contributed by atoms with Gasteiger partial charge in [0.25, 0.3) is 0 Å². The van der Waals surface area contributed by atoms with Crippen LogP contribution >= 0.6 is 0 Å². The number of nitrogens with zero attached hydrogens (tertiary/aromatic N) is 1. The molecule has 0 unspecified atom stereocenters. The van der Waals surface area contributed by atoms with Gasteiger partial charge in [-0.25, -0.2) is 0 Å². The normalized spacial score (nSPS) is 11.4. The van der Waals surface area contributed by atoms with E-state index in [1.165, 1.54) is 93.2 Å². The minimum absolute atomic E-state index is 1.09. The molecule has 0 saturated heterocycles. The molecule has 12 aromatic rings. The van der Waals surface area contributed by atoms with E-state index in [4.69, 9.17) is 0 Å². The maximum Gasteiger partial charge on any atom is 0.0468 e. The van der Waals surface area contributed by atoms with Crippen molar-refractivity contribution in [1.29, 1.82) is 0 Å². The fraction of sp³-hybridized carbons (Fsp3) is 0. The number of rotatable bonds is 8. The van der Waals surface area contributed by atoms with Gasteiger partial charge in [0.05, 0.1) is 0 Å². The molecule has 304 valence electrons. The highest BCUT2D eigenvalue weighted by Crippen LogP contribution is 2.46. The van der Waals surface area contributed by atoms with E-state index in [-0.39, 0.29) is 0 Å². The standard InChI is InChI=1S/C64H43N/c1-4-16-44(17-5-1)50-30-31-52-42-56(38-34-51(52)40-50)65(54-36-32-46(33-37-54)58-29-15-23-45-18-10-11-26-57(45)58)55-25-14-24-49(41-55)53-35-39-60-59-27-12-13-28-61(59)63(47-19-6-2-7-20-47)64(62(60)43-53)48-21-8-3-9-22-48/h1-43H. The zero-order valence-electron chi connectivity index (χ0n) is 35.8. The van der Waals surface area contributed by atoms with Gasteiger partial charge in [0.2, 0.25) is 0 Å². The Balaban J connectivity index is 1.02. The fourth-order valence-electron chi connectivity index (χ4n) is 9.90. The Morgan fingerprint density at radius 1 is 0.200 bits per heavy atom. The summed E-state index contributed by atoms with van der Waals surface area (Å²) in [6, 6.07) is 95.3. The van der Waals surface area contributed by atoms with Crippen LogP contribution in [-0.4, -0.2) is 0 Å². The summed E-state index contributed by atoms with van der Waals surface area (Å²) in [5.74, 6) is 0. The second-order valence-electron chi connectivity index (χ2n) is 16.9. The van der Waals surface area contributed by atoms with Crippen LogP contribution in [0.1, 0.15) is 0 Å². The van der Waals surface area contributed by atoms with Crippen LogP contribution in [0.5, 0.6) is 0 Å². The molecule has 0 aliphatic rings. The largest absolute Gasteiger partial charge is 0.310 e. The van der Waals surface area contributed by atoms with Crippen molar-refractivity contribution in [3.63, 3.8) is 0 Å². The highest BCUT2D eigenvalue weighted by atomic mass is 15.1. The molecule has 1 nitrogen and oxygen atoms in total. The number of fused-ring (bicyclic) bond motifs is 5. The van der Waals surface area contributed by atoms with Crippen LogP contribution in [-0.2, 0) is 0 Å². The highest BCUT2D eigenvalue weighted by Gasteiger charge is 2.20. The van der Waals surface area contributed by atoms with Crippen LogP contribution in [0, 0.1) is 0 Å². The lowest BCUT2D eigenvalue weighted by Gasteiger charge is -2.27. The minimum Gasteiger partial charge on any atom is -0.310 e.